The largest absolute Gasteiger partial charge is 0.328 e. The maximum atomic E-state index is 12.7. The number of amides is 1. The highest BCUT2D eigenvalue weighted by atomic mass is 32.2. The van der Waals surface area contributed by atoms with E-state index in [0.29, 0.717) is 18.7 Å². The van der Waals surface area contributed by atoms with Gasteiger partial charge in [-0.2, -0.15) is 0 Å². The lowest BCUT2D eigenvalue weighted by Gasteiger charge is -2.32. The Bertz CT molecular complexity index is 872. The molecule has 1 amide bonds. The van der Waals surface area contributed by atoms with E-state index in [1.165, 1.54) is 41.0 Å². The SMILES string of the molecule is CN(C)S(=O)(=O)c1ccc(C(=O)N2CC[NH+](Cc3ccccc3)CC2)cc1. The number of sulfonamides is 1. The van der Waals surface area contributed by atoms with Gasteiger partial charge in [0.1, 0.15) is 6.54 Å². The van der Waals surface area contributed by atoms with Crippen LogP contribution >= 0.6 is 0 Å². The van der Waals surface area contributed by atoms with Crippen LogP contribution in [0, 0.1) is 0 Å². The van der Waals surface area contributed by atoms with Gasteiger partial charge in [0.05, 0.1) is 31.1 Å². The molecule has 1 saturated heterocycles. The number of carbonyl (C=O) groups is 1. The molecule has 7 heteroatoms. The highest BCUT2D eigenvalue weighted by Crippen LogP contribution is 2.15. The fourth-order valence-corrected chi connectivity index (χ4v) is 4.15. The fraction of sp³-hybridized carbons (Fsp3) is 0.350. The number of carbonyl (C=O) groups excluding carboxylic acids is 1. The van der Waals surface area contributed by atoms with Crippen LogP contribution in [-0.2, 0) is 16.6 Å². The Morgan fingerprint density at radius 3 is 2.15 bits per heavy atom. The Morgan fingerprint density at radius 1 is 1.00 bits per heavy atom. The number of hydrogen-bond donors (Lipinski definition) is 1. The predicted molar refractivity (Wildman–Crippen MR) is 104 cm³/mol. The topological polar surface area (TPSA) is 62.1 Å². The van der Waals surface area contributed by atoms with Gasteiger partial charge < -0.3 is 9.80 Å². The third-order valence-corrected chi connectivity index (χ3v) is 6.76. The van der Waals surface area contributed by atoms with Crippen molar-refractivity contribution in [3.05, 3.63) is 65.7 Å². The van der Waals surface area contributed by atoms with Crippen molar-refractivity contribution in [2.75, 3.05) is 40.3 Å². The summed E-state index contributed by atoms with van der Waals surface area (Å²) in [6, 6.07) is 16.6. The summed E-state index contributed by atoms with van der Waals surface area (Å²) in [6.45, 7) is 4.21. The van der Waals surface area contributed by atoms with E-state index in [2.05, 4.69) is 24.3 Å². The van der Waals surface area contributed by atoms with E-state index in [9.17, 15) is 13.2 Å². The minimum atomic E-state index is -3.48. The van der Waals surface area contributed by atoms with Crippen LogP contribution in [0.1, 0.15) is 15.9 Å². The molecule has 0 aliphatic carbocycles. The molecule has 144 valence electrons. The average Bonchev–Trinajstić information content (AvgIpc) is 2.69. The summed E-state index contributed by atoms with van der Waals surface area (Å²) in [5, 5.41) is 0. The molecule has 0 radical (unpaired) electrons. The monoisotopic (exact) mass is 388 g/mol. The minimum absolute atomic E-state index is 0.0393. The molecule has 3 rings (SSSR count). The van der Waals surface area contributed by atoms with Crippen molar-refractivity contribution in [2.45, 2.75) is 11.4 Å². The Hall–Kier alpha value is -2.22. The molecular weight excluding hydrogens is 362 g/mol. The van der Waals surface area contributed by atoms with Gasteiger partial charge in [-0.15, -0.1) is 0 Å². The van der Waals surface area contributed by atoms with Crippen molar-refractivity contribution in [3.8, 4) is 0 Å². The Morgan fingerprint density at radius 2 is 1.59 bits per heavy atom. The zero-order chi connectivity index (χ0) is 19.4. The molecule has 0 aromatic heterocycles. The van der Waals surface area contributed by atoms with Gasteiger partial charge >= 0.3 is 0 Å². The van der Waals surface area contributed by atoms with Crippen molar-refractivity contribution >= 4 is 15.9 Å². The molecule has 0 saturated carbocycles. The molecule has 1 aliphatic heterocycles. The first-order valence-corrected chi connectivity index (χ1v) is 10.5. The molecule has 0 unspecified atom stereocenters. The lowest BCUT2D eigenvalue weighted by molar-refractivity contribution is -0.917. The number of rotatable bonds is 5. The molecule has 6 nitrogen and oxygen atoms in total. The zero-order valence-electron chi connectivity index (χ0n) is 15.8. The summed E-state index contributed by atoms with van der Waals surface area (Å²) < 4.78 is 25.4. The lowest BCUT2D eigenvalue weighted by atomic mass is 10.1. The highest BCUT2D eigenvalue weighted by Gasteiger charge is 2.25. The maximum absolute atomic E-state index is 12.7. The predicted octanol–water partition coefficient (Wildman–Crippen LogP) is 0.478. The molecule has 2 aromatic rings. The Balaban J connectivity index is 1.59. The second-order valence-electron chi connectivity index (χ2n) is 7.02. The van der Waals surface area contributed by atoms with Gasteiger partial charge in [-0.25, -0.2) is 12.7 Å². The standard InChI is InChI=1S/C20H25N3O3S/c1-21(2)27(25,26)19-10-8-18(9-11-19)20(24)23-14-12-22(13-15-23)16-17-6-4-3-5-7-17/h3-11H,12-16H2,1-2H3/p+1. The van der Waals surface area contributed by atoms with Crippen LogP contribution in [0.5, 0.6) is 0 Å². The molecule has 2 aromatic carbocycles. The van der Waals surface area contributed by atoms with Crippen LogP contribution in [0.15, 0.2) is 59.5 Å². The number of quaternary nitrogens is 1. The average molecular weight is 389 g/mol. The van der Waals surface area contributed by atoms with E-state index < -0.39 is 10.0 Å². The third kappa shape index (κ3) is 4.55. The van der Waals surface area contributed by atoms with Gasteiger partial charge in [-0.05, 0) is 24.3 Å². The van der Waals surface area contributed by atoms with Crippen LogP contribution in [-0.4, -0.2) is 63.8 Å². The van der Waals surface area contributed by atoms with Gasteiger partial charge in [0.15, 0.2) is 0 Å². The van der Waals surface area contributed by atoms with Crippen molar-refractivity contribution in [3.63, 3.8) is 0 Å². The van der Waals surface area contributed by atoms with E-state index >= 15 is 0 Å². The van der Waals surface area contributed by atoms with Gasteiger partial charge in [0.25, 0.3) is 5.91 Å². The lowest BCUT2D eigenvalue weighted by Crippen LogP contribution is -3.13. The van der Waals surface area contributed by atoms with Crippen molar-refractivity contribution in [1.29, 1.82) is 0 Å². The van der Waals surface area contributed by atoms with Crippen LogP contribution in [0.25, 0.3) is 0 Å². The second kappa shape index (κ2) is 8.21. The first-order valence-electron chi connectivity index (χ1n) is 9.07. The van der Waals surface area contributed by atoms with E-state index in [4.69, 9.17) is 0 Å². The third-order valence-electron chi connectivity index (χ3n) is 4.93. The Kier molecular flexibility index (Phi) is 5.94. The van der Waals surface area contributed by atoms with Gasteiger partial charge in [-0.1, -0.05) is 30.3 Å². The first-order chi connectivity index (χ1) is 12.9. The van der Waals surface area contributed by atoms with Gasteiger partial charge in [-0.3, -0.25) is 4.79 Å². The molecule has 0 atom stereocenters. The number of piperazine rings is 1. The van der Waals surface area contributed by atoms with E-state index in [0.717, 1.165) is 19.6 Å². The summed E-state index contributed by atoms with van der Waals surface area (Å²) >= 11 is 0. The molecule has 1 fully saturated rings. The van der Waals surface area contributed by atoms with Crippen molar-refractivity contribution in [1.82, 2.24) is 9.21 Å². The zero-order valence-corrected chi connectivity index (χ0v) is 16.6. The van der Waals surface area contributed by atoms with Crippen LogP contribution < -0.4 is 4.90 Å². The van der Waals surface area contributed by atoms with Crippen LogP contribution in [0.2, 0.25) is 0 Å². The van der Waals surface area contributed by atoms with E-state index in [1.54, 1.807) is 12.1 Å². The molecule has 1 heterocycles. The summed E-state index contributed by atoms with van der Waals surface area (Å²) in [4.78, 5) is 16.2. The Labute approximate surface area is 161 Å². The van der Waals surface area contributed by atoms with Gasteiger partial charge in [0.2, 0.25) is 10.0 Å². The normalized spacial score (nSPS) is 15.9. The first kappa shape index (κ1) is 19.5. The maximum Gasteiger partial charge on any atom is 0.254 e. The number of benzene rings is 2. The van der Waals surface area contributed by atoms with E-state index in [-0.39, 0.29) is 10.8 Å². The number of hydrogen-bond acceptors (Lipinski definition) is 3. The van der Waals surface area contributed by atoms with Crippen molar-refractivity contribution in [2.24, 2.45) is 0 Å². The summed E-state index contributed by atoms with van der Waals surface area (Å²) in [5.74, 6) is -0.0393. The molecule has 0 bridgehead atoms. The smallest absolute Gasteiger partial charge is 0.254 e. The second-order valence-corrected chi connectivity index (χ2v) is 9.17. The molecule has 1 aliphatic rings. The summed E-state index contributed by atoms with van der Waals surface area (Å²) in [7, 11) is -0.493. The summed E-state index contributed by atoms with van der Waals surface area (Å²) in [5.41, 5.74) is 1.84. The molecular formula is C20H26N3O3S+. The van der Waals surface area contributed by atoms with Crippen molar-refractivity contribution < 1.29 is 18.1 Å². The quantitative estimate of drug-likeness (QED) is 0.810. The number of nitrogens with zero attached hydrogens (tertiary/aromatic N) is 2. The molecule has 1 N–H and O–H groups in total. The highest BCUT2D eigenvalue weighted by molar-refractivity contribution is 7.89. The molecule has 0 spiro atoms. The minimum Gasteiger partial charge on any atom is -0.328 e. The fourth-order valence-electron chi connectivity index (χ4n) is 3.25. The van der Waals surface area contributed by atoms with Gasteiger partial charge in [0, 0.05) is 25.2 Å². The van der Waals surface area contributed by atoms with Crippen LogP contribution in [0.4, 0.5) is 0 Å². The summed E-state index contributed by atoms with van der Waals surface area (Å²) in [6.07, 6.45) is 0. The molecule has 27 heavy (non-hydrogen) atoms. The van der Waals surface area contributed by atoms with E-state index in [1.807, 2.05) is 11.0 Å². The van der Waals surface area contributed by atoms with Crippen LogP contribution in [0.3, 0.4) is 0 Å². The number of nitrogens with one attached hydrogen (secondary N) is 1.